The molecule has 2 aliphatic heterocycles. The van der Waals surface area contributed by atoms with Gasteiger partial charge in [-0.1, -0.05) is 23.2 Å². The van der Waals surface area contributed by atoms with Gasteiger partial charge >= 0.3 is 11.9 Å². The van der Waals surface area contributed by atoms with Gasteiger partial charge in [0.05, 0.1) is 6.42 Å². The maximum Gasteiger partial charge on any atom is 0.352 e. The first-order valence-electron chi connectivity index (χ1n) is 12.3. The lowest BCUT2D eigenvalue weighted by Gasteiger charge is -2.49. The Bertz CT molecular complexity index is 1360. The zero-order valence-corrected chi connectivity index (χ0v) is 24.2. The van der Waals surface area contributed by atoms with Crippen molar-refractivity contribution in [2.24, 2.45) is 11.7 Å². The van der Waals surface area contributed by atoms with E-state index in [-0.39, 0.29) is 18.7 Å². The molecule has 212 valence electrons. The number of halogens is 2. The van der Waals surface area contributed by atoms with Gasteiger partial charge in [-0.15, -0.1) is 23.5 Å². The van der Waals surface area contributed by atoms with Crippen LogP contribution in [0.2, 0.25) is 10.0 Å². The Labute approximate surface area is 248 Å². The van der Waals surface area contributed by atoms with Crippen molar-refractivity contribution in [1.82, 2.24) is 10.2 Å². The second kappa shape index (κ2) is 13.3. The molecule has 0 aliphatic carbocycles. The molecule has 1 aromatic heterocycles. The number of aromatic nitrogens is 1. The molecule has 2 aromatic rings. The topological polar surface area (TPSA) is 154 Å². The highest BCUT2D eigenvalue weighted by molar-refractivity contribution is 8.01. The van der Waals surface area contributed by atoms with Gasteiger partial charge in [-0.2, -0.15) is 0 Å². The van der Waals surface area contributed by atoms with Crippen LogP contribution in [0.1, 0.15) is 12.0 Å². The molecule has 3 heterocycles. The zero-order valence-electron chi connectivity index (χ0n) is 21.1. The van der Waals surface area contributed by atoms with E-state index in [0.717, 1.165) is 4.90 Å². The third-order valence-electron chi connectivity index (χ3n) is 6.49. The fraction of sp³-hybridized carbons (Fsp3) is 0.346. The molecule has 14 heteroatoms. The molecule has 0 unspecified atom stereocenters. The van der Waals surface area contributed by atoms with Gasteiger partial charge in [0.2, 0.25) is 5.91 Å². The molecule has 40 heavy (non-hydrogen) atoms. The summed E-state index contributed by atoms with van der Waals surface area (Å²) in [5.41, 5.74) is 6.59. The Morgan fingerprint density at radius 2 is 1.93 bits per heavy atom. The number of thioether (sulfide) groups is 2. The second-order valence-electron chi connectivity index (χ2n) is 9.26. The Hall–Kier alpha value is -2.77. The molecule has 1 fully saturated rings. The highest BCUT2D eigenvalue weighted by atomic mass is 35.5. The van der Waals surface area contributed by atoms with Crippen LogP contribution in [0.5, 0.6) is 0 Å². The third kappa shape index (κ3) is 6.92. The highest BCUT2D eigenvalue weighted by Gasteiger charge is 2.54. The number of benzene rings is 1. The minimum absolute atomic E-state index is 0.0540. The second-order valence-corrected chi connectivity index (χ2v) is 12.3. The van der Waals surface area contributed by atoms with Crippen LogP contribution in [0.3, 0.4) is 0 Å². The quantitative estimate of drug-likeness (QED) is 0.158. The van der Waals surface area contributed by atoms with Gasteiger partial charge in [0.25, 0.3) is 5.91 Å². The molecule has 1 aromatic carbocycles. The summed E-state index contributed by atoms with van der Waals surface area (Å²) in [4.78, 5) is 51.2. The van der Waals surface area contributed by atoms with E-state index in [9.17, 15) is 29.4 Å². The SMILES string of the molecule is NCC[C@@H](C[n+]1ccc(SCC2=C(C(=O)O)N3C(=O)[C@H](NC(=O)Cc4cc(Cl)ccc4Cl)[C@H]3SC2)cc1)C(=O)O. The molecular weight excluding hydrogens is 599 g/mol. The van der Waals surface area contributed by atoms with Crippen LogP contribution in [0.25, 0.3) is 0 Å². The molecule has 1 saturated heterocycles. The van der Waals surface area contributed by atoms with E-state index in [0.29, 0.717) is 45.7 Å². The smallest absolute Gasteiger partial charge is 0.352 e. The van der Waals surface area contributed by atoms with E-state index in [1.54, 1.807) is 35.2 Å². The molecule has 4 rings (SSSR count). The summed E-state index contributed by atoms with van der Waals surface area (Å²) in [6, 6.07) is 7.62. The van der Waals surface area contributed by atoms with E-state index in [4.69, 9.17) is 28.9 Å². The highest BCUT2D eigenvalue weighted by Crippen LogP contribution is 2.41. The summed E-state index contributed by atoms with van der Waals surface area (Å²) in [6.45, 7) is 0.584. The Balaban J connectivity index is 1.38. The minimum atomic E-state index is -1.20. The number of hydrogen-bond acceptors (Lipinski definition) is 7. The molecule has 2 amide bonds. The summed E-state index contributed by atoms with van der Waals surface area (Å²) in [5, 5.41) is 22.3. The summed E-state index contributed by atoms with van der Waals surface area (Å²) in [7, 11) is 0. The number of carbonyl (C=O) groups excluding carboxylic acids is 2. The number of pyridine rings is 1. The summed E-state index contributed by atoms with van der Waals surface area (Å²) in [6.07, 6.45) is 3.86. The number of hydrogen-bond donors (Lipinski definition) is 4. The van der Waals surface area contributed by atoms with Crippen molar-refractivity contribution in [3.05, 3.63) is 69.6 Å². The molecule has 5 N–H and O–H groups in total. The van der Waals surface area contributed by atoms with Gasteiger partial charge in [0.15, 0.2) is 18.9 Å². The van der Waals surface area contributed by atoms with Crippen LogP contribution in [0, 0.1) is 5.92 Å². The molecule has 0 bridgehead atoms. The summed E-state index contributed by atoms with van der Waals surface area (Å²) >= 11 is 14.9. The Morgan fingerprint density at radius 1 is 1.20 bits per heavy atom. The number of carbonyl (C=O) groups is 4. The van der Waals surface area contributed by atoms with Gasteiger partial charge in [-0.25, -0.2) is 9.36 Å². The van der Waals surface area contributed by atoms with E-state index in [1.165, 1.54) is 28.4 Å². The standard InChI is InChI=1S/C26H26Cl2N4O6S2/c27-17-1-2-19(28)15(9-17)10-20(33)30-21-23(34)32-22(26(37)38)16(13-40-24(21)32)12-39-18-4-7-31(8-5-18)11-14(3-6-29)25(35)36/h1-2,4-5,7-9,14,21,24H,3,6,10-13,29H2,(H2-,30,33,35,36,37,38)/p+1/t14-,21-,24+/m0/s1. The number of amides is 2. The zero-order chi connectivity index (χ0) is 29.0. The maximum atomic E-state index is 13.0. The van der Waals surface area contributed by atoms with Gasteiger partial charge in [-0.05, 0) is 42.3 Å². The van der Waals surface area contributed by atoms with Crippen molar-refractivity contribution in [3.8, 4) is 0 Å². The predicted octanol–water partition coefficient (Wildman–Crippen LogP) is 2.40. The monoisotopic (exact) mass is 625 g/mol. The van der Waals surface area contributed by atoms with E-state index in [1.807, 2.05) is 12.1 Å². The number of nitrogens with zero attached hydrogens (tertiary/aromatic N) is 2. The number of fused-ring (bicyclic) bond motifs is 1. The average molecular weight is 627 g/mol. The Morgan fingerprint density at radius 3 is 2.58 bits per heavy atom. The number of aliphatic carboxylic acids is 2. The fourth-order valence-electron chi connectivity index (χ4n) is 4.45. The molecular formula is C26H27Cl2N4O6S2+. The molecule has 2 aliphatic rings. The van der Waals surface area contributed by atoms with Crippen molar-refractivity contribution < 1.29 is 34.0 Å². The first-order valence-corrected chi connectivity index (χ1v) is 15.1. The summed E-state index contributed by atoms with van der Waals surface area (Å²) < 4.78 is 1.77. The van der Waals surface area contributed by atoms with Gasteiger partial charge < -0.3 is 21.3 Å². The lowest BCUT2D eigenvalue weighted by atomic mass is 10.0. The number of nitrogens with one attached hydrogen (secondary N) is 1. The van der Waals surface area contributed by atoms with Crippen LogP contribution < -0.4 is 15.6 Å². The van der Waals surface area contributed by atoms with Crippen LogP contribution in [-0.2, 0) is 32.1 Å². The first kappa shape index (κ1) is 30.2. The largest absolute Gasteiger partial charge is 0.481 e. The maximum absolute atomic E-state index is 13.0. The fourth-order valence-corrected chi connectivity index (χ4v) is 7.20. The van der Waals surface area contributed by atoms with Crippen molar-refractivity contribution in [2.75, 3.05) is 18.1 Å². The van der Waals surface area contributed by atoms with Crippen LogP contribution in [-0.4, -0.2) is 68.3 Å². The normalized spacial score (nSPS) is 19.1. The van der Waals surface area contributed by atoms with Gasteiger partial charge in [0, 0.05) is 38.6 Å². The predicted molar refractivity (Wildman–Crippen MR) is 152 cm³/mol. The molecule has 0 spiro atoms. The number of rotatable bonds is 12. The lowest BCUT2D eigenvalue weighted by molar-refractivity contribution is -0.701. The molecule has 10 nitrogen and oxygen atoms in total. The van der Waals surface area contributed by atoms with Crippen molar-refractivity contribution in [1.29, 1.82) is 0 Å². The van der Waals surface area contributed by atoms with Crippen molar-refractivity contribution in [3.63, 3.8) is 0 Å². The van der Waals surface area contributed by atoms with E-state index in [2.05, 4.69) is 5.32 Å². The molecule has 0 radical (unpaired) electrons. The minimum Gasteiger partial charge on any atom is -0.481 e. The number of carboxylic acids is 2. The number of nitrogens with two attached hydrogens (primary N) is 1. The number of carboxylic acid groups (broad SMARTS) is 2. The van der Waals surface area contributed by atoms with E-state index < -0.39 is 41.1 Å². The van der Waals surface area contributed by atoms with Gasteiger partial charge in [-0.3, -0.25) is 19.3 Å². The third-order valence-corrected chi connectivity index (χ3v) is 9.54. The molecule has 3 atom stereocenters. The average Bonchev–Trinajstić information content (AvgIpc) is 2.92. The van der Waals surface area contributed by atoms with Gasteiger partial charge in [0.1, 0.15) is 23.0 Å². The van der Waals surface area contributed by atoms with Crippen LogP contribution >= 0.6 is 46.7 Å². The lowest BCUT2D eigenvalue weighted by Crippen LogP contribution is -2.70. The van der Waals surface area contributed by atoms with Crippen molar-refractivity contribution in [2.45, 2.75) is 35.7 Å². The first-order chi connectivity index (χ1) is 19.1. The number of β-lactam (4-membered cyclic amide) rings is 1. The van der Waals surface area contributed by atoms with Crippen LogP contribution in [0.15, 0.2) is 58.9 Å². The van der Waals surface area contributed by atoms with Crippen LogP contribution in [0.4, 0.5) is 0 Å². The summed E-state index contributed by atoms with van der Waals surface area (Å²) in [5.74, 6) is -2.83. The van der Waals surface area contributed by atoms with E-state index >= 15 is 0 Å². The Kier molecular flexibility index (Phi) is 10.0. The molecule has 0 saturated carbocycles. The van der Waals surface area contributed by atoms with Crippen molar-refractivity contribution >= 4 is 70.5 Å².